The van der Waals surface area contributed by atoms with Crippen molar-refractivity contribution in [2.24, 2.45) is 0 Å². The molecule has 166 valence electrons. The Kier molecular flexibility index (Phi) is 9.44. The van der Waals surface area contributed by atoms with E-state index in [0.717, 1.165) is 37.0 Å². The first kappa shape index (κ1) is 23.5. The Bertz CT molecular complexity index is 722. The van der Waals surface area contributed by atoms with Gasteiger partial charge in [0.25, 0.3) is 0 Å². The van der Waals surface area contributed by atoms with Gasteiger partial charge in [-0.2, -0.15) is 0 Å². The summed E-state index contributed by atoms with van der Waals surface area (Å²) in [4.78, 5) is 37.2. The van der Waals surface area contributed by atoms with Crippen LogP contribution in [-0.2, 0) is 20.7 Å². The molecule has 3 amide bonds. The molecule has 0 fully saturated rings. The summed E-state index contributed by atoms with van der Waals surface area (Å²) in [6.45, 7) is 6.16. The fraction of sp³-hybridized carbons (Fsp3) is 0.591. The largest absolute Gasteiger partial charge is 0.494 e. The summed E-state index contributed by atoms with van der Waals surface area (Å²) in [6, 6.07) is 5.87. The molecule has 0 aromatic heterocycles. The zero-order valence-electron chi connectivity index (χ0n) is 18.0. The Morgan fingerprint density at radius 2 is 1.77 bits per heavy atom. The van der Waals surface area contributed by atoms with Crippen LogP contribution in [-0.4, -0.2) is 49.2 Å². The van der Waals surface area contributed by atoms with E-state index >= 15 is 0 Å². The lowest BCUT2D eigenvalue weighted by molar-refractivity contribution is -0.130. The Morgan fingerprint density at radius 3 is 2.47 bits per heavy atom. The lowest BCUT2D eigenvalue weighted by Crippen LogP contribution is -2.54. The van der Waals surface area contributed by atoms with Crippen molar-refractivity contribution in [1.82, 2.24) is 16.0 Å². The number of hydrogen-bond donors (Lipinski definition) is 3. The minimum atomic E-state index is -0.833. The average molecular weight is 420 g/mol. The lowest BCUT2D eigenvalue weighted by atomic mass is 10.0. The van der Waals surface area contributed by atoms with E-state index in [-0.39, 0.29) is 11.9 Å². The highest BCUT2D eigenvalue weighted by atomic mass is 16.5. The first-order valence-corrected chi connectivity index (χ1v) is 10.6. The van der Waals surface area contributed by atoms with Crippen molar-refractivity contribution in [1.29, 1.82) is 0 Å². The lowest BCUT2D eigenvalue weighted by Gasteiger charge is -2.22. The van der Waals surface area contributed by atoms with E-state index in [1.165, 1.54) is 0 Å². The van der Waals surface area contributed by atoms with Crippen LogP contribution < -0.4 is 20.7 Å². The molecule has 0 aliphatic carbocycles. The van der Waals surface area contributed by atoms with Gasteiger partial charge in [0.15, 0.2) is 0 Å². The number of alkyl carbamates (subject to hydrolysis) is 1. The van der Waals surface area contributed by atoms with Crippen LogP contribution in [0, 0.1) is 0 Å². The van der Waals surface area contributed by atoms with Gasteiger partial charge in [-0.05, 0) is 64.2 Å². The number of cyclic esters (lactones) is 1. The van der Waals surface area contributed by atoms with E-state index in [0.29, 0.717) is 19.6 Å². The third-order valence-corrected chi connectivity index (χ3v) is 4.67. The molecule has 2 rings (SSSR count). The van der Waals surface area contributed by atoms with Crippen molar-refractivity contribution in [2.45, 2.75) is 71.0 Å². The van der Waals surface area contributed by atoms with Gasteiger partial charge in [-0.15, -0.1) is 0 Å². The van der Waals surface area contributed by atoms with Gasteiger partial charge in [0.1, 0.15) is 17.8 Å². The number of rotatable bonds is 2. The Morgan fingerprint density at radius 1 is 1.07 bits per heavy atom. The van der Waals surface area contributed by atoms with Crippen LogP contribution >= 0.6 is 0 Å². The fourth-order valence-corrected chi connectivity index (χ4v) is 3.09. The molecule has 3 N–H and O–H groups in total. The first-order valence-electron chi connectivity index (χ1n) is 10.6. The Hall–Kier alpha value is -2.77. The molecule has 0 saturated heterocycles. The van der Waals surface area contributed by atoms with Gasteiger partial charge in [0, 0.05) is 12.5 Å². The Labute approximate surface area is 178 Å². The summed E-state index contributed by atoms with van der Waals surface area (Å²) in [7, 11) is 0. The summed E-state index contributed by atoms with van der Waals surface area (Å²) in [5.41, 5.74) is 0.873. The van der Waals surface area contributed by atoms with Gasteiger partial charge in [-0.25, -0.2) is 4.79 Å². The molecule has 8 nitrogen and oxygen atoms in total. The molecule has 0 radical (unpaired) electrons. The van der Waals surface area contributed by atoms with Crippen LogP contribution in [0.25, 0.3) is 0 Å². The summed E-state index contributed by atoms with van der Waals surface area (Å²) in [6.07, 6.45) is 3.22. The molecule has 1 aliphatic rings. The number of hydrogen-bond acceptors (Lipinski definition) is 5. The van der Waals surface area contributed by atoms with Crippen molar-refractivity contribution in [2.75, 3.05) is 13.2 Å². The van der Waals surface area contributed by atoms with Crippen LogP contribution in [0.5, 0.6) is 5.75 Å². The highest BCUT2D eigenvalue weighted by molar-refractivity contribution is 5.91. The molecular weight excluding hydrogens is 386 g/mol. The summed E-state index contributed by atoms with van der Waals surface area (Å²) >= 11 is 0. The number of carbonyl (C=O) groups excluding carboxylic acids is 3. The normalized spacial score (nSPS) is 21.9. The summed E-state index contributed by atoms with van der Waals surface area (Å²) in [5.74, 6) is 0.00477. The van der Waals surface area contributed by atoms with Gasteiger partial charge in [-0.1, -0.05) is 12.1 Å². The monoisotopic (exact) mass is 419 g/mol. The maximum Gasteiger partial charge on any atom is 0.407 e. The highest BCUT2D eigenvalue weighted by Crippen LogP contribution is 2.16. The highest BCUT2D eigenvalue weighted by Gasteiger charge is 2.25. The van der Waals surface area contributed by atoms with Crippen molar-refractivity contribution in [3.8, 4) is 5.75 Å². The molecular formula is C22H33N3O5. The number of nitrogens with one attached hydrogen (secondary N) is 3. The molecule has 1 heterocycles. The predicted molar refractivity (Wildman–Crippen MR) is 113 cm³/mol. The van der Waals surface area contributed by atoms with Crippen LogP contribution in [0.2, 0.25) is 0 Å². The number of fused-ring (bicyclic) bond motifs is 2. The first-order chi connectivity index (χ1) is 14.3. The van der Waals surface area contributed by atoms with Gasteiger partial charge in [-0.3, -0.25) is 9.59 Å². The van der Waals surface area contributed by atoms with Crippen LogP contribution in [0.1, 0.15) is 52.0 Å². The van der Waals surface area contributed by atoms with Gasteiger partial charge in [0.05, 0.1) is 13.2 Å². The molecule has 2 bridgehead atoms. The third kappa shape index (κ3) is 8.31. The van der Waals surface area contributed by atoms with E-state index in [1.807, 2.05) is 38.1 Å². The van der Waals surface area contributed by atoms with E-state index in [2.05, 4.69) is 16.0 Å². The number of carbonyl (C=O) groups is 3. The third-order valence-electron chi connectivity index (χ3n) is 4.67. The van der Waals surface area contributed by atoms with Crippen molar-refractivity contribution in [3.05, 3.63) is 29.8 Å². The van der Waals surface area contributed by atoms with Crippen molar-refractivity contribution >= 4 is 17.9 Å². The molecule has 1 aromatic carbocycles. The minimum Gasteiger partial charge on any atom is -0.494 e. The van der Waals surface area contributed by atoms with Crippen LogP contribution in [0.4, 0.5) is 4.79 Å². The molecule has 0 spiro atoms. The maximum atomic E-state index is 12.7. The molecule has 1 aromatic rings. The second kappa shape index (κ2) is 12.0. The van der Waals surface area contributed by atoms with E-state index in [4.69, 9.17) is 9.47 Å². The molecule has 8 heteroatoms. The quantitative estimate of drug-likeness (QED) is 0.682. The summed E-state index contributed by atoms with van der Waals surface area (Å²) in [5, 5.41) is 8.09. The van der Waals surface area contributed by atoms with Crippen molar-refractivity contribution < 1.29 is 23.9 Å². The van der Waals surface area contributed by atoms with Crippen LogP contribution in [0.15, 0.2) is 24.3 Å². The summed E-state index contributed by atoms with van der Waals surface area (Å²) < 4.78 is 10.9. The number of ether oxygens (including phenoxy) is 2. The van der Waals surface area contributed by atoms with Crippen molar-refractivity contribution in [3.63, 3.8) is 0 Å². The fourth-order valence-electron chi connectivity index (χ4n) is 3.09. The molecule has 1 unspecified atom stereocenters. The minimum absolute atomic E-state index is 0.0670. The second-order valence-corrected chi connectivity index (χ2v) is 7.84. The van der Waals surface area contributed by atoms with Crippen LogP contribution in [0.3, 0.4) is 0 Å². The SMILES string of the molecule is CC(C)NC(=O)C1Cc2cccc(c2)OCCCCCCOC(=O)N[C@@H](C)C(=O)N1. The average Bonchev–Trinajstić information content (AvgIpc) is 2.68. The molecule has 1 aliphatic heterocycles. The molecule has 30 heavy (non-hydrogen) atoms. The number of benzene rings is 1. The van der Waals surface area contributed by atoms with E-state index < -0.39 is 24.1 Å². The van der Waals surface area contributed by atoms with Gasteiger partial charge in [0.2, 0.25) is 11.8 Å². The molecule has 0 saturated carbocycles. The zero-order chi connectivity index (χ0) is 21.9. The zero-order valence-corrected chi connectivity index (χ0v) is 18.0. The van der Waals surface area contributed by atoms with Gasteiger partial charge < -0.3 is 25.4 Å². The number of amides is 3. The predicted octanol–water partition coefficient (Wildman–Crippen LogP) is 2.31. The smallest absolute Gasteiger partial charge is 0.407 e. The van der Waals surface area contributed by atoms with E-state index in [9.17, 15) is 14.4 Å². The topological polar surface area (TPSA) is 106 Å². The molecule has 2 atom stereocenters. The van der Waals surface area contributed by atoms with Gasteiger partial charge >= 0.3 is 6.09 Å². The maximum absolute atomic E-state index is 12.7. The Balaban J connectivity index is 2.18. The second-order valence-electron chi connectivity index (χ2n) is 7.84. The standard InChI is InChI=1S/C22H33N3O5/c1-15(2)23-21(27)19-14-17-9-8-10-18(13-17)29-11-6-4-5-7-12-30-22(28)24-16(3)20(26)25-19/h8-10,13,15-16,19H,4-7,11-12,14H2,1-3H3,(H,23,27)(H,24,28)(H,25,26)/t16-,19?/m0/s1. The van der Waals surface area contributed by atoms with E-state index in [1.54, 1.807) is 6.92 Å².